The molecule has 62 valence electrons. The van der Waals surface area contributed by atoms with Crippen molar-refractivity contribution in [3.8, 4) is 0 Å². The number of aromatic nitrogens is 1. The number of hydrogen-bond donors (Lipinski definition) is 0. The maximum atomic E-state index is 10.7. The Kier molecular flexibility index (Phi) is 2.78. The van der Waals surface area contributed by atoms with Gasteiger partial charge in [-0.25, -0.2) is 4.98 Å². The predicted molar refractivity (Wildman–Crippen MR) is 44.8 cm³/mol. The number of rotatable bonds is 2. The molecule has 3 nitrogen and oxygen atoms in total. The Labute approximate surface area is 78.3 Å². The maximum Gasteiger partial charge on any atom is 0.255 e. The van der Waals surface area contributed by atoms with Gasteiger partial charge in [-0.3, -0.25) is 9.59 Å². The van der Waals surface area contributed by atoms with E-state index in [2.05, 4.69) is 4.98 Å². The van der Waals surface area contributed by atoms with Gasteiger partial charge in [0.2, 0.25) is 0 Å². The van der Waals surface area contributed by atoms with Crippen molar-refractivity contribution in [1.29, 1.82) is 0 Å². The van der Waals surface area contributed by atoms with Crippen LogP contribution in [0.3, 0.4) is 0 Å². The number of carbonyl (C=O) groups excluding carboxylic acids is 2. The van der Waals surface area contributed by atoms with Crippen LogP contribution in [0.2, 0.25) is 5.15 Å². The highest BCUT2D eigenvalue weighted by Crippen LogP contribution is 2.15. The van der Waals surface area contributed by atoms with E-state index in [-0.39, 0.29) is 16.3 Å². The van der Waals surface area contributed by atoms with Crippen molar-refractivity contribution >= 4 is 34.7 Å². The summed E-state index contributed by atoms with van der Waals surface area (Å²) >= 11 is 10.7. The molecule has 0 fully saturated rings. The van der Waals surface area contributed by atoms with Crippen LogP contribution >= 0.6 is 23.2 Å². The Morgan fingerprint density at radius 2 is 2.25 bits per heavy atom. The minimum Gasteiger partial charge on any atom is -0.298 e. The molecule has 1 rings (SSSR count). The summed E-state index contributed by atoms with van der Waals surface area (Å²) in [5.41, 5.74) is 0.311. The van der Waals surface area contributed by atoms with E-state index >= 15 is 0 Å². The smallest absolute Gasteiger partial charge is 0.255 e. The summed E-state index contributed by atoms with van der Waals surface area (Å²) in [6.45, 7) is 0. The fourth-order valence-electron chi connectivity index (χ4n) is 0.667. The van der Waals surface area contributed by atoms with E-state index in [0.29, 0.717) is 6.29 Å². The highest BCUT2D eigenvalue weighted by molar-refractivity contribution is 6.68. The van der Waals surface area contributed by atoms with Gasteiger partial charge in [-0.2, -0.15) is 0 Å². The molecule has 0 amide bonds. The van der Waals surface area contributed by atoms with Crippen molar-refractivity contribution in [2.24, 2.45) is 0 Å². The van der Waals surface area contributed by atoms with Crippen molar-refractivity contribution in [3.05, 3.63) is 28.5 Å². The van der Waals surface area contributed by atoms with E-state index in [1.807, 2.05) is 0 Å². The summed E-state index contributed by atoms with van der Waals surface area (Å²) in [5, 5.41) is -0.725. The predicted octanol–water partition coefficient (Wildman–Crippen LogP) is 1.93. The summed E-state index contributed by atoms with van der Waals surface area (Å²) < 4.78 is 0. The van der Waals surface area contributed by atoms with Gasteiger partial charge < -0.3 is 0 Å². The zero-order valence-corrected chi connectivity index (χ0v) is 7.26. The molecule has 0 aliphatic carbocycles. The summed E-state index contributed by atoms with van der Waals surface area (Å²) in [7, 11) is 0. The van der Waals surface area contributed by atoms with Gasteiger partial charge >= 0.3 is 0 Å². The van der Waals surface area contributed by atoms with Gasteiger partial charge in [0.1, 0.15) is 5.15 Å². The first-order chi connectivity index (χ1) is 5.65. The van der Waals surface area contributed by atoms with Gasteiger partial charge in [0.15, 0.2) is 6.29 Å². The second-order valence-electron chi connectivity index (χ2n) is 2.00. The lowest BCUT2D eigenvalue weighted by Crippen LogP contribution is -1.95. The van der Waals surface area contributed by atoms with Crippen LogP contribution in [0.1, 0.15) is 20.7 Å². The molecule has 0 bridgehead atoms. The lowest BCUT2D eigenvalue weighted by molar-refractivity contribution is 0.108. The Bertz CT molecular complexity index is 338. The third kappa shape index (κ3) is 1.81. The minimum absolute atomic E-state index is 0.000556. The highest BCUT2D eigenvalue weighted by atomic mass is 35.5. The van der Waals surface area contributed by atoms with Crippen molar-refractivity contribution in [2.45, 2.75) is 0 Å². The third-order valence-electron chi connectivity index (χ3n) is 1.21. The van der Waals surface area contributed by atoms with Gasteiger partial charge in [-0.1, -0.05) is 11.6 Å². The second kappa shape index (κ2) is 3.65. The first-order valence-corrected chi connectivity index (χ1v) is 3.71. The Balaban J connectivity index is 3.25. The topological polar surface area (TPSA) is 47.0 Å². The Morgan fingerprint density at radius 3 is 2.75 bits per heavy atom. The molecule has 0 aliphatic heterocycles. The standard InChI is InChI=1S/C7H3Cl2NO2/c8-6-5(7(9)12)1-4(3-11)2-10-6/h1-3H. The summed E-state index contributed by atoms with van der Waals surface area (Å²) in [4.78, 5) is 24.5. The van der Waals surface area contributed by atoms with Crippen LogP contribution in [0.25, 0.3) is 0 Å². The SMILES string of the molecule is O=Cc1cnc(Cl)c(C(=O)Cl)c1. The van der Waals surface area contributed by atoms with Crippen LogP contribution in [-0.2, 0) is 0 Å². The molecule has 1 heterocycles. The van der Waals surface area contributed by atoms with Gasteiger partial charge in [-0.05, 0) is 17.7 Å². The summed E-state index contributed by atoms with van der Waals surface area (Å²) in [5.74, 6) is 0. The van der Waals surface area contributed by atoms with E-state index in [9.17, 15) is 9.59 Å². The van der Waals surface area contributed by atoms with Crippen molar-refractivity contribution in [1.82, 2.24) is 4.98 Å². The summed E-state index contributed by atoms with van der Waals surface area (Å²) in [6.07, 6.45) is 1.82. The Morgan fingerprint density at radius 1 is 1.58 bits per heavy atom. The van der Waals surface area contributed by atoms with Crippen molar-refractivity contribution in [2.75, 3.05) is 0 Å². The normalized spacial score (nSPS) is 9.50. The second-order valence-corrected chi connectivity index (χ2v) is 2.70. The van der Waals surface area contributed by atoms with Gasteiger partial charge in [0.25, 0.3) is 5.24 Å². The van der Waals surface area contributed by atoms with Gasteiger partial charge in [0.05, 0.1) is 5.56 Å². The molecule has 0 radical (unpaired) electrons. The fraction of sp³-hybridized carbons (Fsp3) is 0. The maximum absolute atomic E-state index is 10.7. The molecule has 0 saturated carbocycles. The number of pyridine rings is 1. The molecule has 12 heavy (non-hydrogen) atoms. The van der Waals surface area contributed by atoms with E-state index < -0.39 is 5.24 Å². The van der Waals surface area contributed by atoms with E-state index in [4.69, 9.17) is 23.2 Å². The number of aldehydes is 1. The number of halogens is 2. The lowest BCUT2D eigenvalue weighted by Gasteiger charge is -1.96. The quantitative estimate of drug-likeness (QED) is 0.420. The molecule has 0 unspecified atom stereocenters. The first-order valence-electron chi connectivity index (χ1n) is 2.95. The lowest BCUT2D eigenvalue weighted by atomic mass is 10.2. The average Bonchev–Trinajstić information content (AvgIpc) is 2.05. The van der Waals surface area contributed by atoms with Crippen LogP contribution in [-0.4, -0.2) is 16.5 Å². The molecule has 1 aromatic heterocycles. The van der Waals surface area contributed by atoms with Crippen LogP contribution < -0.4 is 0 Å². The molecular formula is C7H3Cl2NO2. The average molecular weight is 204 g/mol. The molecule has 0 aromatic carbocycles. The van der Waals surface area contributed by atoms with E-state index in [1.54, 1.807) is 0 Å². The zero-order valence-electron chi connectivity index (χ0n) is 5.75. The Hall–Kier alpha value is -0.930. The largest absolute Gasteiger partial charge is 0.298 e. The van der Waals surface area contributed by atoms with Crippen LogP contribution in [0.5, 0.6) is 0 Å². The molecule has 0 saturated heterocycles. The molecule has 0 aliphatic rings. The molecule has 0 atom stereocenters. The first kappa shape index (κ1) is 9.16. The molecular weight excluding hydrogens is 201 g/mol. The van der Waals surface area contributed by atoms with Gasteiger partial charge in [0, 0.05) is 11.8 Å². The number of carbonyl (C=O) groups is 2. The monoisotopic (exact) mass is 203 g/mol. The zero-order chi connectivity index (χ0) is 9.14. The molecule has 5 heteroatoms. The fourth-order valence-corrected chi connectivity index (χ4v) is 1.05. The van der Waals surface area contributed by atoms with Crippen molar-refractivity contribution < 1.29 is 9.59 Å². The van der Waals surface area contributed by atoms with Crippen molar-refractivity contribution in [3.63, 3.8) is 0 Å². The number of nitrogens with zero attached hydrogens (tertiary/aromatic N) is 1. The van der Waals surface area contributed by atoms with Crippen LogP contribution in [0.4, 0.5) is 0 Å². The summed E-state index contributed by atoms with van der Waals surface area (Å²) in [6, 6.07) is 1.29. The number of hydrogen-bond acceptors (Lipinski definition) is 3. The van der Waals surface area contributed by atoms with E-state index in [1.165, 1.54) is 12.3 Å². The van der Waals surface area contributed by atoms with Crippen LogP contribution in [0, 0.1) is 0 Å². The van der Waals surface area contributed by atoms with Crippen LogP contribution in [0.15, 0.2) is 12.3 Å². The highest BCUT2D eigenvalue weighted by Gasteiger charge is 2.08. The van der Waals surface area contributed by atoms with Gasteiger partial charge in [-0.15, -0.1) is 0 Å². The molecule has 0 spiro atoms. The molecule has 1 aromatic rings. The minimum atomic E-state index is -0.726. The third-order valence-corrected chi connectivity index (χ3v) is 1.71. The molecule has 0 N–H and O–H groups in total. The van der Waals surface area contributed by atoms with E-state index in [0.717, 1.165) is 0 Å².